The fourth-order valence-corrected chi connectivity index (χ4v) is 2.44. The first-order valence-corrected chi connectivity index (χ1v) is 7.33. The van der Waals surface area contributed by atoms with Crippen LogP contribution in [0.4, 0.5) is 11.4 Å². The van der Waals surface area contributed by atoms with Crippen LogP contribution in [-0.4, -0.2) is 74.7 Å². The quantitative estimate of drug-likeness (QED) is 0.357. The van der Waals surface area contributed by atoms with E-state index in [0.717, 1.165) is 45.0 Å². The van der Waals surface area contributed by atoms with Crippen LogP contribution in [0.2, 0.25) is 0 Å². The molecule has 1 aliphatic heterocycles. The molecule has 1 heterocycles. The summed E-state index contributed by atoms with van der Waals surface area (Å²) in [6.07, 6.45) is 1.26. The number of rotatable bonds is 6. The Labute approximate surface area is 126 Å². The molecule has 116 valence electrons. The fourth-order valence-electron chi connectivity index (χ4n) is 2.44. The molecule has 0 amide bonds. The highest BCUT2D eigenvalue weighted by atomic mass is 16.4. The zero-order valence-corrected chi connectivity index (χ0v) is 12.9. The second kappa shape index (κ2) is 7.85. The molecule has 6 heteroatoms. The molecular weight excluding hydrogens is 266 g/mol. The lowest BCUT2D eigenvalue weighted by Gasteiger charge is -2.36. The number of benzene rings is 1. The van der Waals surface area contributed by atoms with Crippen molar-refractivity contribution in [2.75, 3.05) is 63.6 Å². The van der Waals surface area contributed by atoms with Crippen molar-refractivity contribution in [3.63, 3.8) is 0 Å². The van der Waals surface area contributed by atoms with Crippen molar-refractivity contribution in [2.24, 2.45) is 5.16 Å². The first kappa shape index (κ1) is 15.6. The summed E-state index contributed by atoms with van der Waals surface area (Å²) in [5.74, 6) is 0. The molecule has 1 aromatic carbocycles. The third kappa shape index (κ3) is 4.91. The number of nitrogens with one attached hydrogen (secondary N) is 1. The van der Waals surface area contributed by atoms with Gasteiger partial charge < -0.3 is 20.3 Å². The summed E-state index contributed by atoms with van der Waals surface area (Å²) < 4.78 is 0. The lowest BCUT2D eigenvalue weighted by molar-refractivity contribution is 0.229. The molecular formula is C15H25N5O. The van der Waals surface area contributed by atoms with E-state index in [1.54, 1.807) is 0 Å². The second-order valence-corrected chi connectivity index (χ2v) is 5.57. The third-order valence-corrected chi connectivity index (χ3v) is 3.76. The summed E-state index contributed by atoms with van der Waals surface area (Å²) in [5.41, 5.74) is 2.16. The van der Waals surface area contributed by atoms with Crippen LogP contribution in [0.5, 0.6) is 0 Å². The van der Waals surface area contributed by atoms with Crippen LogP contribution in [0, 0.1) is 0 Å². The highest BCUT2D eigenvalue weighted by Crippen LogP contribution is 2.19. The van der Waals surface area contributed by atoms with Gasteiger partial charge in [0.05, 0.1) is 0 Å². The average molecular weight is 291 g/mol. The van der Waals surface area contributed by atoms with E-state index < -0.39 is 0 Å². The van der Waals surface area contributed by atoms with Crippen molar-refractivity contribution in [2.45, 2.75) is 0 Å². The predicted octanol–water partition coefficient (Wildman–Crippen LogP) is 1.20. The van der Waals surface area contributed by atoms with E-state index >= 15 is 0 Å². The minimum atomic E-state index is 0.918. The van der Waals surface area contributed by atoms with E-state index in [0.29, 0.717) is 0 Å². The lowest BCUT2D eigenvalue weighted by atomic mass is 10.2. The third-order valence-electron chi connectivity index (χ3n) is 3.76. The first-order chi connectivity index (χ1) is 10.2. The first-order valence-electron chi connectivity index (χ1n) is 7.33. The van der Waals surface area contributed by atoms with E-state index in [4.69, 9.17) is 5.21 Å². The molecule has 2 rings (SSSR count). The van der Waals surface area contributed by atoms with Gasteiger partial charge in [-0.05, 0) is 38.4 Å². The Morgan fingerprint density at radius 1 is 1.19 bits per heavy atom. The Morgan fingerprint density at radius 2 is 1.86 bits per heavy atom. The largest absolute Gasteiger partial charge is 0.410 e. The number of anilines is 2. The van der Waals surface area contributed by atoms with Crippen LogP contribution in [-0.2, 0) is 0 Å². The summed E-state index contributed by atoms with van der Waals surface area (Å²) in [4.78, 5) is 7.16. The molecule has 21 heavy (non-hydrogen) atoms. The Bertz CT molecular complexity index is 438. The van der Waals surface area contributed by atoms with Gasteiger partial charge in [0, 0.05) is 50.6 Å². The maximum Gasteiger partial charge on any atom is 0.132 e. The zero-order valence-electron chi connectivity index (χ0n) is 12.9. The molecule has 0 unspecified atom stereocenters. The maximum absolute atomic E-state index is 8.38. The van der Waals surface area contributed by atoms with Gasteiger partial charge in [0.1, 0.15) is 6.34 Å². The molecule has 1 fully saturated rings. The van der Waals surface area contributed by atoms with Gasteiger partial charge in [-0.2, -0.15) is 0 Å². The summed E-state index contributed by atoms with van der Waals surface area (Å²) in [6, 6.07) is 8.19. The van der Waals surface area contributed by atoms with Crippen molar-refractivity contribution in [3.8, 4) is 0 Å². The highest BCUT2D eigenvalue weighted by Gasteiger charge is 2.16. The zero-order chi connectivity index (χ0) is 15.1. The fraction of sp³-hybridized carbons (Fsp3) is 0.533. The van der Waals surface area contributed by atoms with E-state index in [1.165, 1.54) is 12.0 Å². The molecule has 1 aromatic rings. The number of likely N-dealkylation sites (N-methyl/N-ethyl adjacent to an activating group) is 1. The molecule has 1 saturated heterocycles. The summed E-state index contributed by atoms with van der Waals surface area (Å²) in [5, 5.41) is 14.2. The lowest BCUT2D eigenvalue weighted by Crippen LogP contribution is -2.48. The average Bonchev–Trinajstić information content (AvgIpc) is 2.52. The van der Waals surface area contributed by atoms with Gasteiger partial charge in [-0.15, -0.1) is 0 Å². The van der Waals surface area contributed by atoms with Crippen LogP contribution < -0.4 is 10.2 Å². The molecule has 0 radical (unpaired) electrons. The van der Waals surface area contributed by atoms with E-state index in [-0.39, 0.29) is 0 Å². The summed E-state index contributed by atoms with van der Waals surface area (Å²) >= 11 is 0. The maximum atomic E-state index is 8.38. The van der Waals surface area contributed by atoms with Gasteiger partial charge in [0.25, 0.3) is 0 Å². The Hall–Kier alpha value is -1.79. The van der Waals surface area contributed by atoms with Gasteiger partial charge >= 0.3 is 0 Å². The van der Waals surface area contributed by atoms with E-state index in [2.05, 4.69) is 51.4 Å². The molecule has 0 bridgehead atoms. The number of hydrogen-bond donors (Lipinski definition) is 2. The van der Waals surface area contributed by atoms with Gasteiger partial charge in [-0.1, -0.05) is 5.16 Å². The normalized spacial score (nSPS) is 16.8. The molecule has 2 N–H and O–H groups in total. The van der Waals surface area contributed by atoms with Gasteiger partial charge in [0.2, 0.25) is 0 Å². The van der Waals surface area contributed by atoms with E-state index in [1.807, 2.05) is 12.1 Å². The van der Waals surface area contributed by atoms with Crippen LogP contribution >= 0.6 is 0 Å². The predicted molar refractivity (Wildman–Crippen MR) is 87.6 cm³/mol. The molecule has 0 saturated carbocycles. The standard InChI is InChI=1S/C15H25N5O/c1-18(2)7-8-19-9-11-20(12-10-19)15-5-3-14(4-6-15)16-13-17-21/h3-6,13,21H,7-12H2,1-2H3,(H,16,17). The minimum Gasteiger partial charge on any atom is -0.410 e. The number of hydrogen-bond acceptors (Lipinski definition) is 5. The van der Waals surface area contributed by atoms with Crippen LogP contribution in [0.25, 0.3) is 0 Å². The molecule has 0 aliphatic carbocycles. The molecule has 6 nitrogen and oxygen atoms in total. The van der Waals surface area contributed by atoms with Crippen molar-refractivity contribution in [1.29, 1.82) is 0 Å². The van der Waals surface area contributed by atoms with Crippen LogP contribution in [0.15, 0.2) is 29.4 Å². The Kier molecular flexibility index (Phi) is 5.83. The number of piperazine rings is 1. The SMILES string of the molecule is CN(C)CCN1CCN(c2ccc(N/C=N/O)cc2)CC1. The topological polar surface area (TPSA) is 54.3 Å². The van der Waals surface area contributed by atoms with Gasteiger partial charge in [0.15, 0.2) is 0 Å². The van der Waals surface area contributed by atoms with Crippen molar-refractivity contribution < 1.29 is 5.21 Å². The van der Waals surface area contributed by atoms with E-state index in [9.17, 15) is 0 Å². The molecule has 0 atom stereocenters. The summed E-state index contributed by atoms with van der Waals surface area (Å²) in [7, 11) is 4.24. The smallest absolute Gasteiger partial charge is 0.132 e. The van der Waals surface area contributed by atoms with Crippen molar-refractivity contribution in [3.05, 3.63) is 24.3 Å². The van der Waals surface area contributed by atoms with Gasteiger partial charge in [-0.3, -0.25) is 4.90 Å². The molecule has 0 aromatic heterocycles. The highest BCUT2D eigenvalue weighted by molar-refractivity contribution is 5.75. The van der Waals surface area contributed by atoms with Gasteiger partial charge in [-0.25, -0.2) is 0 Å². The number of oxime groups is 1. The second-order valence-electron chi connectivity index (χ2n) is 5.57. The Morgan fingerprint density at radius 3 is 2.43 bits per heavy atom. The molecule has 0 spiro atoms. The van der Waals surface area contributed by atoms with Crippen molar-refractivity contribution in [1.82, 2.24) is 9.80 Å². The summed E-state index contributed by atoms with van der Waals surface area (Å²) in [6.45, 7) is 6.63. The monoisotopic (exact) mass is 291 g/mol. The van der Waals surface area contributed by atoms with Crippen LogP contribution in [0.3, 0.4) is 0 Å². The Balaban J connectivity index is 1.81. The van der Waals surface area contributed by atoms with Crippen molar-refractivity contribution >= 4 is 17.7 Å². The number of nitrogens with zero attached hydrogens (tertiary/aromatic N) is 4. The minimum absolute atomic E-state index is 0.918. The van der Waals surface area contributed by atoms with Crippen LogP contribution in [0.1, 0.15) is 0 Å². The molecule has 1 aliphatic rings.